The summed E-state index contributed by atoms with van der Waals surface area (Å²) in [4.78, 5) is 0. The Labute approximate surface area is 125 Å². The Morgan fingerprint density at radius 2 is 1.15 bits per heavy atom. The Bertz CT molecular complexity index is 213. The van der Waals surface area contributed by atoms with Gasteiger partial charge < -0.3 is 5.11 Å². The van der Waals surface area contributed by atoms with Crippen LogP contribution < -0.4 is 0 Å². The van der Waals surface area contributed by atoms with Crippen LogP contribution >= 0.6 is 0 Å². The summed E-state index contributed by atoms with van der Waals surface area (Å²) >= 11 is 0. The van der Waals surface area contributed by atoms with E-state index in [1.54, 1.807) is 0 Å². The number of aliphatic hydroxyl groups is 1. The van der Waals surface area contributed by atoms with Gasteiger partial charge in [0, 0.05) is 0 Å². The molecular weight excluding hydrogens is 251 g/mol. The first-order valence-electron chi connectivity index (χ1n) is 8.76. The van der Waals surface area contributed by atoms with Crippen LogP contribution in [0.5, 0.6) is 0 Å². The molecule has 0 atom stereocenters. The van der Waals surface area contributed by atoms with Gasteiger partial charge in [-0.25, -0.2) is 4.39 Å². The van der Waals surface area contributed by atoms with Gasteiger partial charge in [-0.2, -0.15) is 0 Å². The summed E-state index contributed by atoms with van der Waals surface area (Å²) in [6.07, 6.45) is 19.6. The van der Waals surface area contributed by atoms with Gasteiger partial charge in [0.2, 0.25) is 0 Å². The van der Waals surface area contributed by atoms with E-state index in [0.717, 1.165) is 12.8 Å². The molecule has 0 aromatic rings. The average molecular weight is 286 g/mol. The summed E-state index contributed by atoms with van der Waals surface area (Å²) in [6.45, 7) is 1.82. The molecule has 0 unspecified atom stereocenters. The Hall–Kier alpha value is -0.370. The molecule has 1 nitrogen and oxygen atoms in total. The van der Waals surface area contributed by atoms with E-state index in [-0.39, 0.29) is 5.83 Å². The normalized spacial score (nSPS) is 12.1. The van der Waals surface area contributed by atoms with Crippen LogP contribution in [-0.2, 0) is 0 Å². The van der Waals surface area contributed by atoms with E-state index >= 15 is 0 Å². The monoisotopic (exact) mass is 286 g/mol. The quantitative estimate of drug-likeness (QED) is 0.349. The van der Waals surface area contributed by atoms with Crippen LogP contribution in [0.3, 0.4) is 0 Å². The van der Waals surface area contributed by atoms with E-state index in [2.05, 4.69) is 6.92 Å². The van der Waals surface area contributed by atoms with Crippen LogP contribution in [0, 0.1) is 0 Å². The van der Waals surface area contributed by atoms with Crippen molar-refractivity contribution in [3.05, 3.63) is 11.9 Å². The van der Waals surface area contributed by atoms with E-state index in [4.69, 9.17) is 5.11 Å². The van der Waals surface area contributed by atoms with E-state index in [1.165, 1.54) is 83.1 Å². The third kappa shape index (κ3) is 15.7. The number of hydrogen-bond acceptors (Lipinski definition) is 1. The smallest absolute Gasteiger partial charge is 0.121 e. The summed E-state index contributed by atoms with van der Waals surface area (Å²) in [6, 6.07) is 0. The van der Waals surface area contributed by atoms with Crippen molar-refractivity contribution in [1.82, 2.24) is 0 Å². The highest BCUT2D eigenvalue weighted by Gasteiger charge is 1.94. The first-order chi connectivity index (χ1) is 9.81. The van der Waals surface area contributed by atoms with Crippen LogP contribution in [0.2, 0.25) is 0 Å². The zero-order valence-corrected chi connectivity index (χ0v) is 13.5. The summed E-state index contributed by atoms with van der Waals surface area (Å²) in [5.74, 6) is -0.385. The molecule has 0 rings (SSSR count). The molecule has 20 heavy (non-hydrogen) atoms. The molecular formula is C18H35FO. The molecule has 0 fully saturated rings. The fourth-order valence-electron chi connectivity index (χ4n) is 2.49. The van der Waals surface area contributed by atoms with E-state index in [1.807, 2.05) is 0 Å². The minimum atomic E-state index is -0.446. The fourth-order valence-corrected chi connectivity index (χ4v) is 2.49. The summed E-state index contributed by atoms with van der Waals surface area (Å²) in [5, 5.41) is 8.50. The molecule has 0 saturated heterocycles. The fraction of sp³-hybridized carbons (Fsp3) is 0.889. The van der Waals surface area contributed by atoms with Crippen molar-refractivity contribution < 1.29 is 9.50 Å². The predicted molar refractivity (Wildman–Crippen MR) is 86.6 cm³/mol. The van der Waals surface area contributed by atoms with Gasteiger partial charge in [0.25, 0.3) is 0 Å². The molecule has 1 N–H and O–H groups in total. The molecule has 2 heteroatoms. The molecule has 0 aromatic carbocycles. The lowest BCUT2D eigenvalue weighted by atomic mass is 10.0. The lowest BCUT2D eigenvalue weighted by Gasteiger charge is -2.02. The molecule has 120 valence electrons. The molecule has 0 heterocycles. The lowest BCUT2D eigenvalue weighted by molar-refractivity contribution is 0.297. The number of aliphatic hydroxyl groups excluding tert-OH is 1. The van der Waals surface area contributed by atoms with Crippen LogP contribution in [-0.4, -0.2) is 11.7 Å². The number of allylic oxidation sites excluding steroid dienone is 1. The van der Waals surface area contributed by atoms with Crippen molar-refractivity contribution in [2.24, 2.45) is 0 Å². The predicted octanol–water partition coefficient (Wildman–Crippen LogP) is 6.31. The first kappa shape index (κ1) is 19.6. The number of rotatable bonds is 15. The van der Waals surface area contributed by atoms with Crippen molar-refractivity contribution in [2.45, 2.75) is 96.8 Å². The SMILES string of the molecule is CCCCCCCCCCCCCCC/C=C(\F)CO. The van der Waals surface area contributed by atoms with E-state index < -0.39 is 6.61 Å². The van der Waals surface area contributed by atoms with Gasteiger partial charge in [0.15, 0.2) is 0 Å². The highest BCUT2D eigenvalue weighted by atomic mass is 19.1. The van der Waals surface area contributed by atoms with Crippen molar-refractivity contribution in [3.8, 4) is 0 Å². The van der Waals surface area contributed by atoms with Crippen LogP contribution in [0.25, 0.3) is 0 Å². The molecule has 0 amide bonds. The highest BCUT2D eigenvalue weighted by molar-refractivity contribution is 4.90. The molecule has 0 saturated carbocycles. The Morgan fingerprint density at radius 1 is 0.750 bits per heavy atom. The van der Waals surface area contributed by atoms with Gasteiger partial charge in [-0.05, 0) is 12.8 Å². The minimum absolute atomic E-state index is 0.385. The van der Waals surface area contributed by atoms with Crippen molar-refractivity contribution in [1.29, 1.82) is 0 Å². The first-order valence-corrected chi connectivity index (χ1v) is 8.76. The van der Waals surface area contributed by atoms with Crippen LogP contribution in [0.15, 0.2) is 11.9 Å². The maximum absolute atomic E-state index is 12.6. The van der Waals surface area contributed by atoms with E-state index in [9.17, 15) is 4.39 Å². The van der Waals surface area contributed by atoms with Crippen molar-refractivity contribution >= 4 is 0 Å². The molecule has 0 aliphatic carbocycles. The highest BCUT2D eigenvalue weighted by Crippen LogP contribution is 2.13. The Morgan fingerprint density at radius 3 is 1.55 bits per heavy atom. The second-order valence-electron chi connectivity index (χ2n) is 5.84. The zero-order valence-electron chi connectivity index (χ0n) is 13.5. The minimum Gasteiger partial charge on any atom is -0.389 e. The molecule has 0 radical (unpaired) electrons. The van der Waals surface area contributed by atoms with Gasteiger partial charge in [-0.3, -0.25) is 0 Å². The summed E-state index contributed by atoms with van der Waals surface area (Å²) < 4.78 is 12.6. The van der Waals surface area contributed by atoms with Crippen molar-refractivity contribution in [3.63, 3.8) is 0 Å². The van der Waals surface area contributed by atoms with Gasteiger partial charge in [0.05, 0.1) is 6.61 Å². The standard InChI is InChI=1S/C18H35FO/c1-2-3-4-5-6-7-8-9-10-11-12-13-14-15-16-18(19)17-20/h16,20H,2-15,17H2,1H3/b18-16-. The zero-order chi connectivity index (χ0) is 14.9. The van der Waals surface area contributed by atoms with Gasteiger partial charge >= 0.3 is 0 Å². The van der Waals surface area contributed by atoms with E-state index in [0.29, 0.717) is 0 Å². The largest absolute Gasteiger partial charge is 0.389 e. The summed E-state index contributed by atoms with van der Waals surface area (Å²) in [7, 11) is 0. The molecule has 0 spiro atoms. The second kappa shape index (κ2) is 16.7. The summed E-state index contributed by atoms with van der Waals surface area (Å²) in [5.41, 5.74) is 0. The molecule has 0 aliphatic heterocycles. The van der Waals surface area contributed by atoms with Crippen LogP contribution in [0.4, 0.5) is 4.39 Å². The average Bonchev–Trinajstić information content (AvgIpc) is 2.47. The maximum atomic E-state index is 12.6. The third-order valence-electron chi connectivity index (χ3n) is 3.82. The number of hydrogen-bond donors (Lipinski definition) is 1. The van der Waals surface area contributed by atoms with Gasteiger partial charge in [0.1, 0.15) is 5.83 Å². The molecule has 0 bridgehead atoms. The van der Waals surface area contributed by atoms with Crippen molar-refractivity contribution in [2.75, 3.05) is 6.61 Å². The topological polar surface area (TPSA) is 20.2 Å². The maximum Gasteiger partial charge on any atom is 0.121 e. The lowest BCUT2D eigenvalue weighted by Crippen LogP contribution is -1.84. The Balaban J connectivity index is 3.03. The second-order valence-corrected chi connectivity index (χ2v) is 5.84. The van der Waals surface area contributed by atoms with Gasteiger partial charge in [-0.15, -0.1) is 0 Å². The van der Waals surface area contributed by atoms with Crippen LogP contribution in [0.1, 0.15) is 96.8 Å². The van der Waals surface area contributed by atoms with Gasteiger partial charge in [-0.1, -0.05) is 90.0 Å². The number of unbranched alkanes of at least 4 members (excludes halogenated alkanes) is 13. The Kier molecular flexibility index (Phi) is 16.4. The molecule has 0 aromatic heterocycles. The molecule has 0 aliphatic rings. The third-order valence-corrected chi connectivity index (χ3v) is 3.82. The number of halogens is 1.